The molecule has 1 fully saturated rings. The Hall–Kier alpha value is -0.370. The minimum atomic E-state index is 0.323. The van der Waals surface area contributed by atoms with Gasteiger partial charge < -0.3 is 10.1 Å². The van der Waals surface area contributed by atoms with Gasteiger partial charge in [0, 0.05) is 6.42 Å². The summed E-state index contributed by atoms with van der Waals surface area (Å²) in [6.07, 6.45) is 1.95. The normalized spacial score (nSPS) is 26.6. The highest BCUT2D eigenvalue weighted by molar-refractivity contribution is 5.75. The Morgan fingerprint density at radius 2 is 2.56 bits per heavy atom. The van der Waals surface area contributed by atoms with Gasteiger partial charge in [-0.1, -0.05) is 0 Å². The number of carbonyl (C=O) groups is 1. The molecule has 1 rings (SSSR count). The quantitative estimate of drug-likeness (QED) is 0.587. The van der Waals surface area contributed by atoms with Crippen molar-refractivity contribution < 1.29 is 4.79 Å². The van der Waals surface area contributed by atoms with Gasteiger partial charge in [0.15, 0.2) is 0 Å². The molecule has 0 aromatic rings. The average Bonchev–Trinajstić information content (AvgIpc) is 2.15. The average molecular weight is 127 g/mol. The second-order valence-electron chi connectivity index (χ2n) is 2.76. The molecule has 0 aliphatic carbocycles. The molecule has 1 heterocycles. The van der Waals surface area contributed by atoms with E-state index in [1.165, 1.54) is 6.42 Å². The number of nitrogens with one attached hydrogen (secondary N) is 1. The maximum atomic E-state index is 10.6. The van der Waals surface area contributed by atoms with Crippen LogP contribution in [0, 0.1) is 5.92 Å². The summed E-state index contributed by atoms with van der Waals surface area (Å²) >= 11 is 0. The first-order chi connectivity index (χ1) is 4.29. The first-order valence-corrected chi connectivity index (χ1v) is 3.49. The fourth-order valence-corrected chi connectivity index (χ4v) is 1.30. The topological polar surface area (TPSA) is 29.1 Å². The maximum Gasteiger partial charge on any atom is 0.130 e. The molecule has 0 aromatic heterocycles. The van der Waals surface area contributed by atoms with E-state index in [1.54, 1.807) is 6.92 Å². The summed E-state index contributed by atoms with van der Waals surface area (Å²) in [6.45, 7) is 3.80. The van der Waals surface area contributed by atoms with Gasteiger partial charge in [-0.05, 0) is 32.4 Å². The van der Waals surface area contributed by atoms with Gasteiger partial charge in [-0.15, -0.1) is 0 Å². The van der Waals surface area contributed by atoms with Crippen molar-refractivity contribution in [3.63, 3.8) is 0 Å². The summed E-state index contributed by atoms with van der Waals surface area (Å²) in [5, 5.41) is 3.23. The second-order valence-corrected chi connectivity index (χ2v) is 2.76. The highest BCUT2D eigenvalue weighted by Gasteiger charge is 2.15. The van der Waals surface area contributed by atoms with E-state index in [-0.39, 0.29) is 0 Å². The Kier molecular flexibility index (Phi) is 2.22. The molecule has 2 nitrogen and oxygen atoms in total. The number of rotatable bonds is 2. The second kappa shape index (κ2) is 2.97. The number of hydrogen-bond donors (Lipinski definition) is 1. The molecule has 0 radical (unpaired) electrons. The molecule has 1 aliphatic heterocycles. The summed E-state index contributed by atoms with van der Waals surface area (Å²) in [5.74, 6) is 0.950. The van der Waals surface area contributed by atoms with Crippen LogP contribution in [0.3, 0.4) is 0 Å². The fourth-order valence-electron chi connectivity index (χ4n) is 1.30. The van der Waals surface area contributed by atoms with Crippen molar-refractivity contribution in [3.8, 4) is 0 Å². The SMILES string of the molecule is CC(=O)CC1CCNC1. The first kappa shape index (κ1) is 6.75. The summed E-state index contributed by atoms with van der Waals surface area (Å²) in [7, 11) is 0. The van der Waals surface area contributed by atoms with E-state index in [4.69, 9.17) is 0 Å². The molecular formula is C7H13NO. The van der Waals surface area contributed by atoms with Crippen LogP contribution >= 0.6 is 0 Å². The van der Waals surface area contributed by atoms with Crippen LogP contribution in [-0.2, 0) is 4.79 Å². The lowest BCUT2D eigenvalue weighted by Crippen LogP contribution is -2.10. The van der Waals surface area contributed by atoms with E-state index < -0.39 is 0 Å². The molecule has 0 saturated carbocycles. The molecule has 0 spiro atoms. The molecule has 0 amide bonds. The van der Waals surface area contributed by atoms with Crippen molar-refractivity contribution in [2.45, 2.75) is 19.8 Å². The summed E-state index contributed by atoms with van der Waals surface area (Å²) in [6, 6.07) is 0. The van der Waals surface area contributed by atoms with Crippen LogP contribution in [0.25, 0.3) is 0 Å². The van der Waals surface area contributed by atoms with Crippen LogP contribution in [0.1, 0.15) is 19.8 Å². The van der Waals surface area contributed by atoms with Crippen LogP contribution in [0.2, 0.25) is 0 Å². The van der Waals surface area contributed by atoms with Gasteiger partial charge >= 0.3 is 0 Å². The monoisotopic (exact) mass is 127 g/mol. The predicted octanol–water partition coefficient (Wildman–Crippen LogP) is 0.575. The van der Waals surface area contributed by atoms with Crippen molar-refractivity contribution >= 4 is 5.78 Å². The lowest BCUT2D eigenvalue weighted by Gasteiger charge is -2.01. The lowest BCUT2D eigenvalue weighted by atomic mass is 10.0. The molecule has 0 aromatic carbocycles. The Bertz CT molecular complexity index is 105. The molecular weight excluding hydrogens is 114 g/mol. The van der Waals surface area contributed by atoms with Gasteiger partial charge in [0.2, 0.25) is 0 Å². The summed E-state index contributed by atoms with van der Waals surface area (Å²) in [5.41, 5.74) is 0. The Morgan fingerprint density at radius 3 is 3.00 bits per heavy atom. The zero-order chi connectivity index (χ0) is 6.69. The zero-order valence-electron chi connectivity index (χ0n) is 5.81. The van der Waals surface area contributed by atoms with Crippen molar-refractivity contribution in [2.24, 2.45) is 5.92 Å². The molecule has 1 N–H and O–H groups in total. The smallest absolute Gasteiger partial charge is 0.130 e. The summed E-state index contributed by atoms with van der Waals surface area (Å²) in [4.78, 5) is 10.6. The number of carbonyl (C=O) groups excluding carboxylic acids is 1. The summed E-state index contributed by atoms with van der Waals surface area (Å²) < 4.78 is 0. The van der Waals surface area contributed by atoms with Crippen molar-refractivity contribution in [2.75, 3.05) is 13.1 Å². The van der Waals surface area contributed by atoms with Gasteiger partial charge in [0.25, 0.3) is 0 Å². The van der Waals surface area contributed by atoms with E-state index in [0.717, 1.165) is 19.5 Å². The predicted molar refractivity (Wildman–Crippen MR) is 36.3 cm³/mol. The van der Waals surface area contributed by atoms with E-state index in [1.807, 2.05) is 0 Å². The Morgan fingerprint density at radius 1 is 1.78 bits per heavy atom. The van der Waals surface area contributed by atoms with Gasteiger partial charge in [-0.25, -0.2) is 0 Å². The van der Waals surface area contributed by atoms with E-state index in [9.17, 15) is 4.79 Å². The minimum Gasteiger partial charge on any atom is -0.316 e. The Labute approximate surface area is 55.6 Å². The van der Waals surface area contributed by atoms with E-state index >= 15 is 0 Å². The van der Waals surface area contributed by atoms with Gasteiger partial charge in [-0.3, -0.25) is 0 Å². The van der Waals surface area contributed by atoms with Crippen molar-refractivity contribution in [1.29, 1.82) is 0 Å². The molecule has 1 unspecified atom stereocenters. The van der Waals surface area contributed by atoms with Gasteiger partial charge in [0.05, 0.1) is 0 Å². The highest BCUT2D eigenvalue weighted by atomic mass is 16.1. The fraction of sp³-hybridized carbons (Fsp3) is 0.857. The largest absolute Gasteiger partial charge is 0.316 e. The number of Topliss-reactive ketones (excluding diaryl/α,β-unsaturated/α-hetero) is 1. The number of hydrogen-bond acceptors (Lipinski definition) is 2. The number of ketones is 1. The zero-order valence-corrected chi connectivity index (χ0v) is 5.81. The highest BCUT2D eigenvalue weighted by Crippen LogP contribution is 2.11. The molecule has 1 saturated heterocycles. The third-order valence-electron chi connectivity index (χ3n) is 1.74. The lowest BCUT2D eigenvalue weighted by molar-refractivity contribution is -0.117. The van der Waals surface area contributed by atoms with E-state index in [0.29, 0.717) is 11.7 Å². The Balaban J connectivity index is 2.19. The van der Waals surface area contributed by atoms with Crippen LogP contribution in [0.4, 0.5) is 0 Å². The molecule has 0 bridgehead atoms. The van der Waals surface area contributed by atoms with Crippen molar-refractivity contribution in [3.05, 3.63) is 0 Å². The molecule has 2 heteroatoms. The standard InChI is InChI=1S/C7H13NO/c1-6(9)4-7-2-3-8-5-7/h7-8H,2-5H2,1H3. The van der Waals surface area contributed by atoms with E-state index in [2.05, 4.69) is 5.32 Å². The van der Waals surface area contributed by atoms with Crippen LogP contribution in [-0.4, -0.2) is 18.9 Å². The maximum absolute atomic E-state index is 10.6. The van der Waals surface area contributed by atoms with Crippen LogP contribution in [0.15, 0.2) is 0 Å². The third-order valence-corrected chi connectivity index (χ3v) is 1.74. The van der Waals surface area contributed by atoms with Crippen LogP contribution < -0.4 is 5.32 Å². The van der Waals surface area contributed by atoms with Gasteiger partial charge in [0.1, 0.15) is 5.78 Å². The first-order valence-electron chi connectivity index (χ1n) is 3.49. The van der Waals surface area contributed by atoms with Gasteiger partial charge in [-0.2, -0.15) is 0 Å². The minimum absolute atomic E-state index is 0.323. The molecule has 1 atom stereocenters. The van der Waals surface area contributed by atoms with Crippen molar-refractivity contribution in [1.82, 2.24) is 5.32 Å². The molecule has 9 heavy (non-hydrogen) atoms. The molecule has 1 aliphatic rings. The third kappa shape index (κ3) is 2.14. The van der Waals surface area contributed by atoms with Crippen LogP contribution in [0.5, 0.6) is 0 Å². The molecule has 52 valence electrons.